The number of amides is 1. The number of benzene rings is 3. The molecule has 0 radical (unpaired) electrons. The molecule has 0 aromatic heterocycles. The molecule has 0 fully saturated rings. The molecule has 0 bridgehead atoms. The van der Waals surface area contributed by atoms with Crippen LogP contribution in [0, 0.1) is 0 Å². The molecule has 0 unspecified atom stereocenters. The second-order valence-electron chi connectivity index (χ2n) is 9.59. The van der Waals surface area contributed by atoms with Crippen LogP contribution in [0.3, 0.4) is 0 Å². The molecule has 4 rings (SSSR count). The van der Waals surface area contributed by atoms with Crippen molar-refractivity contribution in [2.45, 2.75) is 18.9 Å². The number of carbonyl (C=O) groups is 1. The summed E-state index contributed by atoms with van der Waals surface area (Å²) >= 11 is 0. The monoisotopic (exact) mass is 563 g/mol. The summed E-state index contributed by atoms with van der Waals surface area (Å²) in [5.41, 5.74) is 5.99. The zero-order chi connectivity index (χ0) is 28.4. The summed E-state index contributed by atoms with van der Waals surface area (Å²) in [7, 11) is 0. The van der Waals surface area contributed by atoms with Gasteiger partial charge in [-0.2, -0.15) is 0 Å². The summed E-state index contributed by atoms with van der Waals surface area (Å²) in [6, 6.07) is 26.7. The zero-order valence-corrected chi connectivity index (χ0v) is 23.6. The van der Waals surface area contributed by atoms with Crippen LogP contribution in [0.2, 0.25) is 0 Å². The Labute approximate surface area is 242 Å². The Kier molecular flexibility index (Phi) is 13.6. The number of rotatable bonds is 20. The quantitative estimate of drug-likeness (QED) is 0.189. The predicted octanol–water partition coefficient (Wildman–Crippen LogP) is 5.20. The van der Waals surface area contributed by atoms with Crippen molar-refractivity contribution < 1.29 is 33.2 Å². The molecule has 220 valence electrons. The van der Waals surface area contributed by atoms with Crippen molar-refractivity contribution >= 4 is 6.09 Å². The summed E-state index contributed by atoms with van der Waals surface area (Å²) in [5.74, 6) is 0.0608. The van der Waals surface area contributed by atoms with Gasteiger partial charge in [0.05, 0.1) is 59.5 Å². The van der Waals surface area contributed by atoms with Gasteiger partial charge in [0.25, 0.3) is 0 Å². The maximum atomic E-state index is 12.2. The number of nitrogens with one attached hydrogen (secondary N) is 1. The lowest BCUT2D eigenvalue weighted by atomic mass is 9.98. The van der Waals surface area contributed by atoms with E-state index in [-0.39, 0.29) is 5.92 Å². The standard InChI is InChI=1S/C33H41NO7/c35-33(41-26-32-30-13-6-4-11-28(30)29-12-5-7-14-31(29)32)34-15-8-16-36-17-18-37-19-20-38-21-22-39-23-24-40-25-27-9-2-1-3-10-27/h1-7,9-14,32H,8,15-26H2,(H,34,35). The molecule has 0 atom stereocenters. The van der Waals surface area contributed by atoms with Crippen molar-refractivity contribution in [3.05, 3.63) is 95.6 Å². The molecule has 1 aliphatic rings. The smallest absolute Gasteiger partial charge is 0.407 e. The van der Waals surface area contributed by atoms with Gasteiger partial charge in [0, 0.05) is 19.1 Å². The van der Waals surface area contributed by atoms with Gasteiger partial charge < -0.3 is 33.7 Å². The summed E-state index contributed by atoms with van der Waals surface area (Å²) in [5, 5.41) is 2.80. The zero-order valence-electron chi connectivity index (χ0n) is 23.6. The van der Waals surface area contributed by atoms with Gasteiger partial charge in [0.15, 0.2) is 0 Å². The van der Waals surface area contributed by atoms with E-state index >= 15 is 0 Å². The van der Waals surface area contributed by atoms with Crippen molar-refractivity contribution in [2.75, 3.05) is 72.6 Å². The van der Waals surface area contributed by atoms with Crippen molar-refractivity contribution in [2.24, 2.45) is 0 Å². The molecule has 0 saturated heterocycles. The first-order chi connectivity index (χ1) is 20.3. The highest BCUT2D eigenvalue weighted by atomic mass is 16.6. The Morgan fingerprint density at radius 1 is 0.585 bits per heavy atom. The SMILES string of the molecule is O=C(NCCCOCCOCCOCCOCCOCc1ccccc1)OCC1c2ccccc2-c2ccccc21. The molecule has 3 aromatic carbocycles. The third kappa shape index (κ3) is 10.6. The summed E-state index contributed by atoms with van der Waals surface area (Å²) in [6.07, 6.45) is 0.293. The lowest BCUT2D eigenvalue weighted by Gasteiger charge is -2.14. The van der Waals surface area contributed by atoms with Gasteiger partial charge in [0.1, 0.15) is 6.61 Å². The van der Waals surface area contributed by atoms with Crippen LogP contribution >= 0.6 is 0 Å². The molecule has 0 aliphatic heterocycles. The number of alkyl carbamates (subject to hydrolysis) is 1. The van der Waals surface area contributed by atoms with E-state index in [2.05, 4.69) is 29.6 Å². The van der Waals surface area contributed by atoms with Crippen LogP contribution in [0.5, 0.6) is 0 Å². The van der Waals surface area contributed by atoms with Gasteiger partial charge >= 0.3 is 6.09 Å². The predicted molar refractivity (Wildman–Crippen MR) is 157 cm³/mol. The average Bonchev–Trinajstić information content (AvgIpc) is 3.33. The first kappa shape index (κ1) is 30.7. The second kappa shape index (κ2) is 18.2. The topological polar surface area (TPSA) is 84.5 Å². The summed E-state index contributed by atoms with van der Waals surface area (Å²) in [4.78, 5) is 12.2. The lowest BCUT2D eigenvalue weighted by Crippen LogP contribution is -2.27. The first-order valence-electron chi connectivity index (χ1n) is 14.3. The van der Waals surface area contributed by atoms with Crippen LogP contribution in [-0.2, 0) is 35.0 Å². The lowest BCUT2D eigenvalue weighted by molar-refractivity contribution is -0.0125. The minimum absolute atomic E-state index is 0.0608. The van der Waals surface area contributed by atoms with Crippen LogP contribution in [0.4, 0.5) is 4.79 Å². The van der Waals surface area contributed by atoms with E-state index in [1.165, 1.54) is 22.3 Å². The maximum absolute atomic E-state index is 12.2. The van der Waals surface area contributed by atoms with Crippen molar-refractivity contribution in [1.82, 2.24) is 5.32 Å². The fraction of sp³-hybridized carbons (Fsp3) is 0.424. The van der Waals surface area contributed by atoms with Crippen LogP contribution in [-0.4, -0.2) is 78.7 Å². The Hall–Kier alpha value is -3.27. The number of ether oxygens (including phenoxy) is 6. The van der Waals surface area contributed by atoms with Crippen molar-refractivity contribution in [3.63, 3.8) is 0 Å². The minimum Gasteiger partial charge on any atom is -0.449 e. The number of fused-ring (bicyclic) bond motifs is 3. The van der Waals surface area contributed by atoms with E-state index in [0.29, 0.717) is 85.6 Å². The van der Waals surface area contributed by atoms with Crippen LogP contribution < -0.4 is 5.32 Å². The van der Waals surface area contributed by atoms with E-state index in [1.807, 2.05) is 54.6 Å². The third-order valence-corrected chi connectivity index (χ3v) is 6.68. The Morgan fingerprint density at radius 3 is 1.66 bits per heavy atom. The molecule has 41 heavy (non-hydrogen) atoms. The molecule has 0 spiro atoms. The van der Waals surface area contributed by atoms with Crippen molar-refractivity contribution in [1.29, 1.82) is 0 Å². The normalized spacial score (nSPS) is 12.2. The molecule has 8 heteroatoms. The highest BCUT2D eigenvalue weighted by molar-refractivity contribution is 5.79. The number of hydrogen-bond donors (Lipinski definition) is 1. The number of hydrogen-bond acceptors (Lipinski definition) is 7. The van der Waals surface area contributed by atoms with Crippen LogP contribution in [0.1, 0.15) is 29.0 Å². The highest BCUT2D eigenvalue weighted by Crippen LogP contribution is 2.44. The Morgan fingerprint density at radius 2 is 1.07 bits per heavy atom. The van der Waals surface area contributed by atoms with Gasteiger partial charge in [-0.15, -0.1) is 0 Å². The van der Waals surface area contributed by atoms with Crippen LogP contribution in [0.25, 0.3) is 11.1 Å². The molecule has 0 heterocycles. The summed E-state index contributed by atoms with van der Waals surface area (Å²) in [6.45, 7) is 6.11. The maximum Gasteiger partial charge on any atom is 0.407 e. The van der Waals surface area contributed by atoms with Crippen LogP contribution in [0.15, 0.2) is 78.9 Å². The van der Waals surface area contributed by atoms with Gasteiger partial charge in [-0.25, -0.2) is 4.79 Å². The van der Waals surface area contributed by atoms with E-state index in [4.69, 9.17) is 28.4 Å². The van der Waals surface area contributed by atoms with Crippen molar-refractivity contribution in [3.8, 4) is 11.1 Å². The molecular weight excluding hydrogens is 522 g/mol. The first-order valence-corrected chi connectivity index (χ1v) is 14.3. The molecule has 1 amide bonds. The fourth-order valence-corrected chi connectivity index (χ4v) is 4.66. The molecule has 0 saturated carbocycles. The van der Waals surface area contributed by atoms with Gasteiger partial charge in [-0.05, 0) is 34.2 Å². The molecular formula is C33H41NO7. The molecule has 1 aliphatic carbocycles. The van der Waals surface area contributed by atoms with Gasteiger partial charge in [0.2, 0.25) is 0 Å². The highest BCUT2D eigenvalue weighted by Gasteiger charge is 2.28. The van der Waals surface area contributed by atoms with E-state index < -0.39 is 6.09 Å². The molecule has 3 aromatic rings. The Bertz CT molecular complexity index is 1110. The van der Waals surface area contributed by atoms with E-state index in [1.54, 1.807) is 0 Å². The number of carbonyl (C=O) groups excluding carboxylic acids is 1. The van der Waals surface area contributed by atoms with E-state index in [0.717, 1.165) is 5.56 Å². The average molecular weight is 564 g/mol. The van der Waals surface area contributed by atoms with Gasteiger partial charge in [-0.3, -0.25) is 0 Å². The third-order valence-electron chi connectivity index (χ3n) is 6.68. The largest absolute Gasteiger partial charge is 0.449 e. The van der Waals surface area contributed by atoms with E-state index in [9.17, 15) is 4.79 Å². The molecule has 1 N–H and O–H groups in total. The summed E-state index contributed by atoms with van der Waals surface area (Å²) < 4.78 is 33.2. The minimum atomic E-state index is -0.406. The van der Waals surface area contributed by atoms with Gasteiger partial charge in [-0.1, -0.05) is 78.9 Å². The molecule has 8 nitrogen and oxygen atoms in total. The Balaban J connectivity index is 0.904. The fourth-order valence-electron chi connectivity index (χ4n) is 4.66. The second-order valence-corrected chi connectivity index (χ2v) is 9.59.